The summed E-state index contributed by atoms with van der Waals surface area (Å²) < 4.78 is 0. The molecule has 3 aromatic rings. The molecule has 1 fully saturated rings. The van der Waals surface area contributed by atoms with Gasteiger partial charge in [0.25, 0.3) is 0 Å². The van der Waals surface area contributed by atoms with Crippen LogP contribution in [0.1, 0.15) is 25.3 Å². The molecule has 0 bridgehead atoms. The van der Waals surface area contributed by atoms with Crippen LogP contribution in [0.5, 0.6) is 0 Å². The number of rotatable bonds is 5. The number of fused-ring (bicyclic) bond motifs is 1. The van der Waals surface area contributed by atoms with Gasteiger partial charge in [-0.05, 0) is 54.3 Å². The molecule has 1 aromatic carbocycles. The summed E-state index contributed by atoms with van der Waals surface area (Å²) >= 11 is 1.53. The van der Waals surface area contributed by atoms with Gasteiger partial charge in [-0.15, -0.1) is 0 Å². The highest BCUT2D eigenvalue weighted by Gasteiger charge is 2.34. The third kappa shape index (κ3) is 3.52. The molecule has 6 nitrogen and oxygen atoms in total. The molecule has 2 N–H and O–H groups in total. The average molecular weight is 382 g/mol. The van der Waals surface area contributed by atoms with Gasteiger partial charge in [0.15, 0.2) is 0 Å². The number of benzene rings is 1. The second-order valence-electron chi connectivity index (χ2n) is 7.07. The molecule has 0 saturated carbocycles. The molecular weight excluding hydrogens is 360 g/mol. The number of para-hydroxylation sites is 1. The summed E-state index contributed by atoms with van der Waals surface area (Å²) in [7, 11) is 0. The number of anilines is 1. The maximum Gasteiger partial charge on any atom is 0.242 e. The Kier molecular flexibility index (Phi) is 4.80. The minimum absolute atomic E-state index is 0.0781. The molecule has 0 spiro atoms. The van der Waals surface area contributed by atoms with E-state index in [2.05, 4.69) is 20.2 Å². The second kappa shape index (κ2) is 7.25. The first-order valence-corrected chi connectivity index (χ1v) is 10.00. The third-order valence-electron chi connectivity index (χ3n) is 5.10. The quantitative estimate of drug-likeness (QED) is 0.709. The Labute approximate surface area is 161 Å². The number of hydrogen-bond acceptors (Lipinski definition) is 6. The minimum atomic E-state index is -1.08. The van der Waals surface area contributed by atoms with Crippen molar-refractivity contribution in [3.8, 4) is 0 Å². The van der Waals surface area contributed by atoms with Crippen molar-refractivity contribution in [3.05, 3.63) is 53.0 Å². The van der Waals surface area contributed by atoms with Crippen LogP contribution in [-0.4, -0.2) is 40.1 Å². The average Bonchev–Trinajstić information content (AvgIpc) is 3.38. The molecule has 1 aliphatic rings. The maximum atomic E-state index is 12.9. The van der Waals surface area contributed by atoms with Gasteiger partial charge in [-0.1, -0.05) is 12.1 Å². The Bertz CT molecular complexity index is 937. The monoisotopic (exact) mass is 382 g/mol. The predicted molar refractivity (Wildman–Crippen MR) is 107 cm³/mol. The summed E-state index contributed by atoms with van der Waals surface area (Å²) in [6.07, 6.45) is 3.24. The van der Waals surface area contributed by atoms with Crippen LogP contribution in [0, 0.1) is 0 Å². The Morgan fingerprint density at radius 1 is 1.37 bits per heavy atom. The molecule has 0 aliphatic carbocycles. The SMILES string of the molecule is C[C@](O)(CNC(=O)[C@H]1CCCN1c1ncnc2ccccc12)c1ccsc1. The molecule has 27 heavy (non-hydrogen) atoms. The van der Waals surface area contributed by atoms with Crippen LogP contribution in [0.25, 0.3) is 10.9 Å². The zero-order chi connectivity index (χ0) is 18.9. The van der Waals surface area contributed by atoms with Gasteiger partial charge >= 0.3 is 0 Å². The number of nitrogens with one attached hydrogen (secondary N) is 1. The Balaban J connectivity index is 1.52. The molecule has 2 aromatic heterocycles. The smallest absolute Gasteiger partial charge is 0.242 e. The van der Waals surface area contributed by atoms with E-state index >= 15 is 0 Å². The van der Waals surface area contributed by atoms with Crippen LogP contribution in [-0.2, 0) is 10.4 Å². The number of thiophene rings is 1. The molecule has 0 unspecified atom stereocenters. The lowest BCUT2D eigenvalue weighted by Gasteiger charge is -2.28. The van der Waals surface area contributed by atoms with Crippen LogP contribution in [0.2, 0.25) is 0 Å². The molecule has 1 amide bonds. The van der Waals surface area contributed by atoms with Crippen LogP contribution in [0.3, 0.4) is 0 Å². The van der Waals surface area contributed by atoms with Gasteiger partial charge in [0.1, 0.15) is 23.8 Å². The lowest BCUT2D eigenvalue weighted by Crippen LogP contribution is -2.47. The van der Waals surface area contributed by atoms with E-state index < -0.39 is 5.60 Å². The summed E-state index contributed by atoms with van der Waals surface area (Å²) in [6.45, 7) is 2.68. The number of aromatic nitrogens is 2. The Hall–Kier alpha value is -2.51. The summed E-state index contributed by atoms with van der Waals surface area (Å²) in [6, 6.07) is 9.43. The molecule has 7 heteroatoms. The highest BCUT2D eigenvalue weighted by atomic mass is 32.1. The molecule has 4 rings (SSSR count). The van der Waals surface area contributed by atoms with Gasteiger partial charge < -0.3 is 15.3 Å². The molecule has 3 heterocycles. The van der Waals surface area contributed by atoms with E-state index in [1.165, 1.54) is 11.3 Å². The number of carbonyl (C=O) groups is 1. The number of aliphatic hydroxyl groups is 1. The highest BCUT2D eigenvalue weighted by Crippen LogP contribution is 2.29. The maximum absolute atomic E-state index is 12.9. The number of hydrogen-bond donors (Lipinski definition) is 2. The second-order valence-corrected chi connectivity index (χ2v) is 7.85. The van der Waals surface area contributed by atoms with E-state index in [9.17, 15) is 9.90 Å². The van der Waals surface area contributed by atoms with Crippen LogP contribution < -0.4 is 10.2 Å². The normalized spacial score (nSPS) is 19.2. The van der Waals surface area contributed by atoms with Gasteiger partial charge in [0.2, 0.25) is 5.91 Å². The van der Waals surface area contributed by atoms with E-state index in [0.717, 1.165) is 41.7 Å². The first-order valence-electron chi connectivity index (χ1n) is 9.05. The Morgan fingerprint density at radius 2 is 2.22 bits per heavy atom. The Morgan fingerprint density at radius 3 is 3.04 bits per heavy atom. The van der Waals surface area contributed by atoms with Crippen molar-refractivity contribution in [2.75, 3.05) is 18.0 Å². The number of nitrogens with zero attached hydrogens (tertiary/aromatic N) is 3. The van der Waals surface area contributed by atoms with Crippen LogP contribution in [0.4, 0.5) is 5.82 Å². The largest absolute Gasteiger partial charge is 0.384 e. The van der Waals surface area contributed by atoms with Crippen molar-refractivity contribution >= 4 is 34.0 Å². The summed E-state index contributed by atoms with van der Waals surface area (Å²) in [5, 5.41) is 18.4. The van der Waals surface area contributed by atoms with E-state index in [0.29, 0.717) is 0 Å². The number of amides is 1. The molecule has 1 saturated heterocycles. The van der Waals surface area contributed by atoms with Crippen LogP contribution in [0.15, 0.2) is 47.4 Å². The minimum Gasteiger partial charge on any atom is -0.384 e. The molecule has 0 radical (unpaired) electrons. The van der Waals surface area contributed by atoms with E-state index in [4.69, 9.17) is 0 Å². The predicted octanol–water partition coefficient (Wildman–Crippen LogP) is 2.68. The lowest BCUT2D eigenvalue weighted by atomic mass is 9.99. The first kappa shape index (κ1) is 17.9. The zero-order valence-electron chi connectivity index (χ0n) is 15.1. The first-order chi connectivity index (χ1) is 13.1. The topological polar surface area (TPSA) is 78.4 Å². The molecule has 2 atom stereocenters. The zero-order valence-corrected chi connectivity index (χ0v) is 15.9. The fraction of sp³-hybridized carbons (Fsp3) is 0.350. The number of carbonyl (C=O) groups excluding carboxylic acids is 1. The fourth-order valence-electron chi connectivity index (χ4n) is 3.56. The van der Waals surface area contributed by atoms with E-state index in [1.54, 1.807) is 13.3 Å². The fourth-order valence-corrected chi connectivity index (χ4v) is 4.35. The molecule has 1 aliphatic heterocycles. The third-order valence-corrected chi connectivity index (χ3v) is 5.78. The summed E-state index contributed by atoms with van der Waals surface area (Å²) in [4.78, 5) is 23.7. The summed E-state index contributed by atoms with van der Waals surface area (Å²) in [5.74, 6) is 0.716. The van der Waals surface area contributed by atoms with Gasteiger partial charge in [0.05, 0.1) is 12.1 Å². The van der Waals surface area contributed by atoms with E-state index in [-0.39, 0.29) is 18.5 Å². The van der Waals surface area contributed by atoms with Crippen molar-refractivity contribution in [1.82, 2.24) is 15.3 Å². The standard InChI is InChI=1S/C20H22N4O2S/c1-20(26,14-8-10-27-11-14)12-21-19(25)17-7-4-9-24(17)18-15-5-2-3-6-16(15)22-13-23-18/h2-3,5-6,8,10-11,13,17,26H,4,7,9,12H2,1H3,(H,21,25)/t17-,20+/m1/s1. The van der Waals surface area contributed by atoms with Crippen molar-refractivity contribution in [2.24, 2.45) is 0 Å². The van der Waals surface area contributed by atoms with Crippen molar-refractivity contribution in [2.45, 2.75) is 31.4 Å². The molecule has 140 valence electrons. The molecular formula is C20H22N4O2S. The van der Waals surface area contributed by atoms with Crippen LogP contribution >= 0.6 is 11.3 Å². The van der Waals surface area contributed by atoms with Gasteiger partial charge in [-0.3, -0.25) is 4.79 Å². The lowest BCUT2D eigenvalue weighted by molar-refractivity contribution is -0.123. The van der Waals surface area contributed by atoms with Crippen molar-refractivity contribution < 1.29 is 9.90 Å². The van der Waals surface area contributed by atoms with Gasteiger partial charge in [-0.25, -0.2) is 9.97 Å². The van der Waals surface area contributed by atoms with E-state index in [1.807, 2.05) is 41.1 Å². The van der Waals surface area contributed by atoms with Crippen molar-refractivity contribution in [3.63, 3.8) is 0 Å². The summed E-state index contributed by atoms with van der Waals surface area (Å²) in [5.41, 5.74) is 0.604. The van der Waals surface area contributed by atoms with Gasteiger partial charge in [0, 0.05) is 11.9 Å². The highest BCUT2D eigenvalue weighted by molar-refractivity contribution is 7.08. The van der Waals surface area contributed by atoms with Crippen molar-refractivity contribution in [1.29, 1.82) is 0 Å². The van der Waals surface area contributed by atoms with Gasteiger partial charge in [-0.2, -0.15) is 11.3 Å².